The highest BCUT2D eigenvalue weighted by Gasteiger charge is 2.17. The number of nitrogens with zero attached hydrogens (tertiary/aromatic N) is 2. The van der Waals surface area contributed by atoms with Gasteiger partial charge in [0.2, 0.25) is 0 Å². The fraction of sp³-hybridized carbons (Fsp3) is 0.118. The van der Waals surface area contributed by atoms with Crippen molar-refractivity contribution in [3.05, 3.63) is 243 Å². The summed E-state index contributed by atoms with van der Waals surface area (Å²) in [6.45, 7) is 10.5. The Hall–Kier alpha value is -9.00. The summed E-state index contributed by atoms with van der Waals surface area (Å²) in [6.07, 6.45) is 0. The van der Waals surface area contributed by atoms with E-state index in [9.17, 15) is 0 Å². The highest BCUT2D eigenvalue weighted by Crippen LogP contribution is 2.41. The second-order valence-electron chi connectivity index (χ2n) is 17.8. The Balaban J connectivity index is 0.959. The van der Waals surface area contributed by atoms with Crippen molar-refractivity contribution in [2.45, 2.75) is 27.7 Å². The predicted octanol–water partition coefficient (Wildman–Crippen LogP) is 18.6. The van der Waals surface area contributed by atoms with Crippen LogP contribution in [-0.2, 0) is 0 Å². The molecule has 0 aliphatic carbocycles. The maximum atomic E-state index is 5.83. The van der Waals surface area contributed by atoms with E-state index in [1.54, 1.807) is 0 Å². The SMILES string of the molecule is CCOc1cccc(-c2ccc(N(c3ccc(-c4ccc(N(c5ccc(-c6cccc(OCC)c6)cc5)c5ccc(-c6cccc(OCC)c6)cc5)cc4)cc3)c3ccc(-c4cccc(OCC)c4)cc3)cc2)c1. The zero-order valence-electron chi connectivity index (χ0n) is 42.4. The van der Waals surface area contributed by atoms with E-state index < -0.39 is 0 Å². The van der Waals surface area contributed by atoms with Crippen molar-refractivity contribution >= 4 is 34.1 Å². The molecule has 10 aromatic rings. The first kappa shape index (κ1) is 48.6. The molecule has 6 nitrogen and oxygen atoms in total. The van der Waals surface area contributed by atoms with E-state index in [1.807, 2.05) is 76.2 Å². The number of benzene rings is 10. The van der Waals surface area contributed by atoms with E-state index in [-0.39, 0.29) is 0 Å². The van der Waals surface area contributed by atoms with Crippen molar-refractivity contribution < 1.29 is 18.9 Å². The third kappa shape index (κ3) is 11.2. The first-order chi connectivity index (χ1) is 36.5. The molecule has 0 N–H and O–H groups in total. The van der Waals surface area contributed by atoms with Crippen LogP contribution in [0.15, 0.2) is 243 Å². The van der Waals surface area contributed by atoms with Crippen LogP contribution in [0, 0.1) is 0 Å². The molecular formula is C68H60N2O4. The van der Waals surface area contributed by atoms with Crippen molar-refractivity contribution in [1.29, 1.82) is 0 Å². The van der Waals surface area contributed by atoms with Gasteiger partial charge in [-0.2, -0.15) is 0 Å². The van der Waals surface area contributed by atoms with Crippen molar-refractivity contribution in [1.82, 2.24) is 0 Å². The summed E-state index contributed by atoms with van der Waals surface area (Å²) in [6, 6.07) is 85.9. The van der Waals surface area contributed by atoms with Crippen LogP contribution in [0.2, 0.25) is 0 Å². The Kier molecular flexibility index (Phi) is 15.1. The van der Waals surface area contributed by atoms with Crippen LogP contribution in [-0.4, -0.2) is 26.4 Å². The molecule has 0 atom stereocenters. The van der Waals surface area contributed by atoms with Crippen LogP contribution >= 0.6 is 0 Å². The first-order valence-electron chi connectivity index (χ1n) is 25.6. The van der Waals surface area contributed by atoms with Crippen molar-refractivity contribution in [2.75, 3.05) is 36.2 Å². The molecule has 0 aromatic heterocycles. The van der Waals surface area contributed by atoms with Gasteiger partial charge in [0.15, 0.2) is 0 Å². The molecule has 0 spiro atoms. The molecule has 0 radical (unpaired) electrons. The lowest BCUT2D eigenvalue weighted by Crippen LogP contribution is -2.10. The number of anilines is 6. The van der Waals surface area contributed by atoms with Crippen LogP contribution in [0.25, 0.3) is 55.6 Å². The van der Waals surface area contributed by atoms with Gasteiger partial charge in [-0.1, -0.05) is 121 Å². The maximum Gasteiger partial charge on any atom is 0.119 e. The molecule has 0 amide bonds. The summed E-state index contributed by atoms with van der Waals surface area (Å²) in [5.41, 5.74) is 17.5. The molecule has 0 aliphatic rings. The molecule has 0 aliphatic heterocycles. The summed E-state index contributed by atoms with van der Waals surface area (Å²) in [4.78, 5) is 4.63. The second kappa shape index (κ2) is 23.0. The number of hydrogen-bond donors (Lipinski definition) is 0. The first-order valence-corrected chi connectivity index (χ1v) is 25.6. The second-order valence-corrected chi connectivity index (χ2v) is 17.8. The summed E-state index contributed by atoms with van der Waals surface area (Å²) < 4.78 is 23.3. The minimum Gasteiger partial charge on any atom is -0.494 e. The van der Waals surface area contributed by atoms with E-state index >= 15 is 0 Å². The molecule has 0 saturated carbocycles. The van der Waals surface area contributed by atoms with E-state index in [2.05, 4.69) is 204 Å². The number of hydrogen-bond acceptors (Lipinski definition) is 6. The standard InChI is InChI=1S/C68H60N2O4/c1-5-71-65-17-9-13-55(45-65)51-25-37-61(38-26-51)69(62-39-27-52(28-40-62)56-14-10-18-66(46-56)72-6-2)59-33-21-49(22-34-59)50-23-35-60(36-24-50)70(63-41-29-53(30-42-63)57-15-11-19-67(47-57)73-7-3)64-43-31-54(32-44-64)58-16-12-20-68(48-58)74-8-4/h9-48H,5-8H2,1-4H3. The molecule has 10 aromatic carbocycles. The van der Waals surface area contributed by atoms with Gasteiger partial charge in [-0.25, -0.2) is 0 Å². The molecule has 0 heterocycles. The highest BCUT2D eigenvalue weighted by molar-refractivity contribution is 5.84. The topological polar surface area (TPSA) is 43.4 Å². The van der Waals surface area contributed by atoms with Crippen LogP contribution < -0.4 is 28.7 Å². The van der Waals surface area contributed by atoms with Gasteiger partial charge in [0.05, 0.1) is 26.4 Å². The van der Waals surface area contributed by atoms with Crippen LogP contribution in [0.4, 0.5) is 34.1 Å². The average molecular weight is 969 g/mol. The fourth-order valence-corrected chi connectivity index (χ4v) is 9.44. The summed E-state index contributed by atoms with van der Waals surface area (Å²) >= 11 is 0. The molecule has 74 heavy (non-hydrogen) atoms. The Morgan fingerprint density at radius 3 is 0.568 bits per heavy atom. The summed E-state index contributed by atoms with van der Waals surface area (Å²) in [7, 11) is 0. The lowest BCUT2D eigenvalue weighted by molar-refractivity contribution is 0.340. The molecular weight excluding hydrogens is 909 g/mol. The third-order valence-electron chi connectivity index (χ3n) is 13.0. The largest absolute Gasteiger partial charge is 0.494 e. The number of rotatable bonds is 19. The fourth-order valence-electron chi connectivity index (χ4n) is 9.44. The van der Waals surface area contributed by atoms with E-state index in [0.29, 0.717) is 26.4 Å². The van der Waals surface area contributed by atoms with Gasteiger partial charge in [-0.05, 0) is 205 Å². The lowest BCUT2D eigenvalue weighted by Gasteiger charge is -2.27. The number of ether oxygens (including phenoxy) is 4. The summed E-state index contributed by atoms with van der Waals surface area (Å²) in [5, 5.41) is 0. The van der Waals surface area contributed by atoms with Crippen LogP contribution in [0.3, 0.4) is 0 Å². The van der Waals surface area contributed by atoms with Gasteiger partial charge in [0, 0.05) is 34.1 Å². The Labute approximate surface area is 436 Å². The Bertz CT molecular complexity index is 2990. The summed E-state index contributed by atoms with van der Waals surface area (Å²) in [5.74, 6) is 3.47. The van der Waals surface area contributed by atoms with Gasteiger partial charge >= 0.3 is 0 Å². The highest BCUT2D eigenvalue weighted by atomic mass is 16.5. The predicted molar refractivity (Wildman–Crippen MR) is 308 cm³/mol. The lowest BCUT2D eigenvalue weighted by atomic mass is 10.0. The van der Waals surface area contributed by atoms with E-state index in [1.165, 1.54) is 0 Å². The third-order valence-corrected chi connectivity index (χ3v) is 13.0. The zero-order chi connectivity index (χ0) is 50.6. The minimum absolute atomic E-state index is 0.626. The molecule has 10 rings (SSSR count). The van der Waals surface area contributed by atoms with Gasteiger partial charge < -0.3 is 28.7 Å². The average Bonchev–Trinajstić information content (AvgIpc) is 3.45. The maximum absolute atomic E-state index is 5.83. The van der Waals surface area contributed by atoms with Crippen LogP contribution in [0.5, 0.6) is 23.0 Å². The molecule has 0 fully saturated rings. The van der Waals surface area contributed by atoms with Gasteiger partial charge in [0.25, 0.3) is 0 Å². The normalized spacial score (nSPS) is 10.9. The van der Waals surface area contributed by atoms with Gasteiger partial charge in [0.1, 0.15) is 23.0 Å². The van der Waals surface area contributed by atoms with E-state index in [4.69, 9.17) is 18.9 Å². The van der Waals surface area contributed by atoms with Gasteiger partial charge in [-0.15, -0.1) is 0 Å². The Morgan fingerprint density at radius 1 is 0.216 bits per heavy atom. The monoisotopic (exact) mass is 968 g/mol. The molecule has 0 unspecified atom stereocenters. The Morgan fingerprint density at radius 2 is 0.392 bits per heavy atom. The van der Waals surface area contributed by atoms with Crippen molar-refractivity contribution in [3.63, 3.8) is 0 Å². The smallest absolute Gasteiger partial charge is 0.119 e. The van der Waals surface area contributed by atoms with Crippen LogP contribution in [0.1, 0.15) is 27.7 Å². The quantitative estimate of drug-likeness (QED) is 0.0804. The molecule has 0 saturated heterocycles. The zero-order valence-corrected chi connectivity index (χ0v) is 42.4. The van der Waals surface area contributed by atoms with Crippen molar-refractivity contribution in [2.24, 2.45) is 0 Å². The van der Waals surface area contributed by atoms with Crippen molar-refractivity contribution in [3.8, 4) is 78.6 Å². The molecule has 0 bridgehead atoms. The molecule has 6 heteroatoms. The minimum atomic E-state index is 0.626. The molecule has 366 valence electrons. The van der Waals surface area contributed by atoms with Gasteiger partial charge in [-0.3, -0.25) is 0 Å². The van der Waals surface area contributed by atoms with E-state index in [0.717, 1.165) is 113 Å².